The summed E-state index contributed by atoms with van der Waals surface area (Å²) < 4.78 is 29.0. The Hall–Kier alpha value is -2.71. The highest BCUT2D eigenvalue weighted by molar-refractivity contribution is 7.89. The van der Waals surface area contributed by atoms with Crippen LogP contribution in [-0.4, -0.2) is 24.5 Å². The number of nitro benzene ring substituents is 1. The summed E-state index contributed by atoms with van der Waals surface area (Å²) >= 11 is 0. The Labute approximate surface area is 145 Å². The highest BCUT2D eigenvalue weighted by Gasteiger charge is 2.15. The molecule has 0 aliphatic rings. The second-order valence-electron chi connectivity index (χ2n) is 5.57. The van der Waals surface area contributed by atoms with Crippen molar-refractivity contribution in [3.63, 3.8) is 0 Å². The van der Waals surface area contributed by atoms with E-state index in [0.717, 1.165) is 10.9 Å². The Bertz CT molecular complexity index is 994. The predicted octanol–water partition coefficient (Wildman–Crippen LogP) is 2.92. The second-order valence-corrected chi connectivity index (χ2v) is 7.34. The molecule has 0 bridgehead atoms. The van der Waals surface area contributed by atoms with Crippen molar-refractivity contribution in [1.29, 1.82) is 0 Å². The number of nitrogens with one attached hydrogen (secondary N) is 1. The van der Waals surface area contributed by atoms with E-state index in [1.165, 1.54) is 24.3 Å². The number of rotatable bonds is 7. The smallest absolute Gasteiger partial charge is 0.269 e. The maximum atomic E-state index is 12.2. The minimum absolute atomic E-state index is 0.0181. The van der Waals surface area contributed by atoms with Crippen LogP contribution in [0.3, 0.4) is 0 Å². The SMILES string of the molecule is O=[N+]([O-])c1ccc(S(=O)(=O)NCCCn2ccc3ccccc32)cc1. The van der Waals surface area contributed by atoms with E-state index in [1.807, 2.05) is 36.5 Å². The molecule has 0 fully saturated rings. The first kappa shape index (κ1) is 17.1. The van der Waals surface area contributed by atoms with Crippen molar-refractivity contribution in [2.24, 2.45) is 0 Å². The Morgan fingerprint density at radius 3 is 2.48 bits per heavy atom. The summed E-state index contributed by atoms with van der Waals surface area (Å²) in [7, 11) is -3.67. The van der Waals surface area contributed by atoms with Crippen molar-refractivity contribution in [1.82, 2.24) is 9.29 Å². The molecule has 3 rings (SSSR count). The van der Waals surface area contributed by atoms with Crippen LogP contribution in [0.5, 0.6) is 0 Å². The van der Waals surface area contributed by atoms with Crippen LogP contribution in [0.15, 0.2) is 65.7 Å². The lowest BCUT2D eigenvalue weighted by molar-refractivity contribution is -0.384. The molecule has 2 aromatic carbocycles. The molecule has 1 aromatic heterocycles. The molecule has 0 saturated carbocycles. The number of sulfonamides is 1. The zero-order valence-corrected chi connectivity index (χ0v) is 14.1. The average molecular weight is 359 g/mol. The third-order valence-electron chi connectivity index (χ3n) is 3.91. The monoisotopic (exact) mass is 359 g/mol. The Kier molecular flexibility index (Phi) is 4.82. The van der Waals surface area contributed by atoms with Gasteiger partial charge in [0.25, 0.3) is 5.69 Å². The molecular weight excluding hydrogens is 342 g/mol. The summed E-state index contributed by atoms with van der Waals surface area (Å²) in [6, 6.07) is 14.9. The van der Waals surface area contributed by atoms with Gasteiger partial charge in [0.1, 0.15) is 0 Å². The Balaban J connectivity index is 1.58. The highest BCUT2D eigenvalue weighted by atomic mass is 32.2. The van der Waals surface area contributed by atoms with E-state index in [-0.39, 0.29) is 17.1 Å². The number of para-hydroxylation sites is 1. The number of aromatic nitrogens is 1. The Morgan fingerprint density at radius 1 is 1.04 bits per heavy atom. The molecule has 0 radical (unpaired) electrons. The van der Waals surface area contributed by atoms with E-state index >= 15 is 0 Å². The largest absolute Gasteiger partial charge is 0.347 e. The summed E-state index contributed by atoms with van der Waals surface area (Å²) in [5.74, 6) is 0. The number of fused-ring (bicyclic) bond motifs is 1. The Morgan fingerprint density at radius 2 is 1.76 bits per heavy atom. The number of non-ortho nitro benzene ring substituents is 1. The van der Waals surface area contributed by atoms with E-state index in [1.54, 1.807) is 0 Å². The molecule has 130 valence electrons. The summed E-state index contributed by atoms with van der Waals surface area (Å²) in [6.45, 7) is 0.974. The van der Waals surface area contributed by atoms with Gasteiger partial charge in [0, 0.05) is 36.9 Å². The van der Waals surface area contributed by atoms with Gasteiger partial charge >= 0.3 is 0 Å². The van der Waals surface area contributed by atoms with Crippen LogP contribution in [0.25, 0.3) is 10.9 Å². The standard InChI is InChI=1S/C17H17N3O4S/c21-20(22)15-6-8-16(9-7-15)25(23,24)18-11-3-12-19-13-10-14-4-1-2-5-17(14)19/h1-2,4-10,13,18H,3,11-12H2. The number of benzene rings is 2. The van der Waals surface area contributed by atoms with Gasteiger partial charge in [-0.25, -0.2) is 13.1 Å². The van der Waals surface area contributed by atoms with Crippen molar-refractivity contribution >= 4 is 26.6 Å². The molecule has 0 spiro atoms. The molecule has 3 aromatic rings. The van der Waals surface area contributed by atoms with Gasteiger partial charge in [-0.1, -0.05) is 18.2 Å². The summed E-state index contributed by atoms with van der Waals surface area (Å²) in [6.07, 6.45) is 2.61. The topological polar surface area (TPSA) is 94.2 Å². The van der Waals surface area contributed by atoms with E-state index in [0.29, 0.717) is 13.0 Å². The highest BCUT2D eigenvalue weighted by Crippen LogP contribution is 2.17. The van der Waals surface area contributed by atoms with Crippen LogP contribution in [0.2, 0.25) is 0 Å². The molecule has 0 amide bonds. The number of hydrogen-bond acceptors (Lipinski definition) is 4. The maximum Gasteiger partial charge on any atom is 0.269 e. The molecule has 1 N–H and O–H groups in total. The third-order valence-corrected chi connectivity index (χ3v) is 5.38. The average Bonchev–Trinajstić information content (AvgIpc) is 3.02. The molecule has 0 atom stereocenters. The molecule has 25 heavy (non-hydrogen) atoms. The van der Waals surface area contributed by atoms with Gasteiger partial charge in [0.05, 0.1) is 9.82 Å². The van der Waals surface area contributed by atoms with Crippen LogP contribution >= 0.6 is 0 Å². The molecule has 0 saturated heterocycles. The van der Waals surface area contributed by atoms with E-state index in [4.69, 9.17) is 0 Å². The second kappa shape index (κ2) is 7.04. The van der Waals surface area contributed by atoms with Crippen molar-refractivity contribution in [3.8, 4) is 0 Å². The van der Waals surface area contributed by atoms with Gasteiger partial charge in [0.15, 0.2) is 0 Å². The van der Waals surface area contributed by atoms with Gasteiger partial charge in [0.2, 0.25) is 10.0 Å². The fourth-order valence-electron chi connectivity index (χ4n) is 2.62. The predicted molar refractivity (Wildman–Crippen MR) is 94.8 cm³/mol. The minimum Gasteiger partial charge on any atom is -0.347 e. The zero-order valence-electron chi connectivity index (χ0n) is 13.3. The van der Waals surface area contributed by atoms with Crippen LogP contribution < -0.4 is 4.72 Å². The molecule has 0 aliphatic carbocycles. The van der Waals surface area contributed by atoms with Crippen molar-refractivity contribution in [2.45, 2.75) is 17.9 Å². The lowest BCUT2D eigenvalue weighted by Gasteiger charge is -2.08. The van der Waals surface area contributed by atoms with Crippen molar-refractivity contribution in [3.05, 3.63) is 70.9 Å². The summed E-state index contributed by atoms with van der Waals surface area (Å²) in [5.41, 5.74) is 0.971. The molecule has 8 heteroatoms. The normalized spacial score (nSPS) is 11.7. The fraction of sp³-hybridized carbons (Fsp3) is 0.176. The molecule has 0 aliphatic heterocycles. The third kappa shape index (κ3) is 3.86. The molecule has 7 nitrogen and oxygen atoms in total. The van der Waals surface area contributed by atoms with E-state index in [2.05, 4.69) is 9.29 Å². The van der Waals surface area contributed by atoms with Gasteiger partial charge < -0.3 is 4.57 Å². The first-order chi connectivity index (χ1) is 12.0. The van der Waals surface area contributed by atoms with Gasteiger partial charge in [-0.2, -0.15) is 0 Å². The van der Waals surface area contributed by atoms with Crippen LogP contribution in [0.1, 0.15) is 6.42 Å². The van der Waals surface area contributed by atoms with Gasteiger partial charge in [-0.3, -0.25) is 10.1 Å². The molecular formula is C17H17N3O4S. The summed E-state index contributed by atoms with van der Waals surface area (Å²) in [5, 5.41) is 11.8. The number of aryl methyl sites for hydroxylation is 1. The molecule has 1 heterocycles. The van der Waals surface area contributed by atoms with Crippen molar-refractivity contribution < 1.29 is 13.3 Å². The fourth-order valence-corrected chi connectivity index (χ4v) is 3.70. The van der Waals surface area contributed by atoms with Crippen LogP contribution in [0, 0.1) is 10.1 Å². The number of nitro groups is 1. The minimum atomic E-state index is -3.67. The quantitative estimate of drug-likeness (QED) is 0.399. The first-order valence-corrected chi connectivity index (χ1v) is 9.24. The van der Waals surface area contributed by atoms with Crippen molar-refractivity contribution in [2.75, 3.05) is 6.54 Å². The lowest BCUT2D eigenvalue weighted by atomic mass is 10.2. The first-order valence-electron chi connectivity index (χ1n) is 7.75. The van der Waals surface area contributed by atoms with Gasteiger partial charge in [-0.05, 0) is 36.1 Å². The maximum absolute atomic E-state index is 12.2. The lowest BCUT2D eigenvalue weighted by Crippen LogP contribution is -2.25. The number of nitrogens with zero attached hydrogens (tertiary/aromatic N) is 2. The number of hydrogen-bond donors (Lipinski definition) is 1. The molecule has 0 unspecified atom stereocenters. The van der Waals surface area contributed by atoms with Gasteiger partial charge in [-0.15, -0.1) is 0 Å². The van der Waals surface area contributed by atoms with E-state index < -0.39 is 14.9 Å². The zero-order chi connectivity index (χ0) is 17.9. The summed E-state index contributed by atoms with van der Waals surface area (Å²) in [4.78, 5) is 10.1. The van der Waals surface area contributed by atoms with E-state index in [9.17, 15) is 18.5 Å². The van der Waals surface area contributed by atoms with Crippen LogP contribution in [-0.2, 0) is 16.6 Å². The van der Waals surface area contributed by atoms with Crippen LogP contribution in [0.4, 0.5) is 5.69 Å².